The molecule has 0 saturated heterocycles. The number of hydrogen-bond donors (Lipinski definition) is 1. The van der Waals surface area contributed by atoms with Gasteiger partial charge in [0, 0.05) is 11.4 Å². The number of rotatable bonds is 5. The summed E-state index contributed by atoms with van der Waals surface area (Å²) in [6.07, 6.45) is 0. The summed E-state index contributed by atoms with van der Waals surface area (Å²) >= 11 is 1.64. The minimum atomic E-state index is 0.0464. The van der Waals surface area contributed by atoms with E-state index in [1.807, 2.05) is 37.3 Å². The second kappa shape index (κ2) is 7.34. The van der Waals surface area contributed by atoms with Crippen LogP contribution in [0.3, 0.4) is 0 Å². The molecule has 3 aromatic rings. The Hall–Kier alpha value is -2.26. The number of thioether (sulfide) groups is 1. The van der Waals surface area contributed by atoms with E-state index in [1.54, 1.807) is 11.8 Å². The molecule has 0 saturated carbocycles. The van der Waals surface area contributed by atoms with E-state index in [4.69, 9.17) is 0 Å². The predicted molar refractivity (Wildman–Crippen MR) is 99.9 cm³/mol. The van der Waals surface area contributed by atoms with E-state index in [0.717, 1.165) is 17.0 Å². The molecule has 0 aliphatic heterocycles. The second-order valence-electron chi connectivity index (χ2n) is 5.54. The minimum absolute atomic E-state index is 0.0464. The normalized spacial score (nSPS) is 10.7. The zero-order valence-electron chi connectivity index (χ0n) is 13.1. The highest BCUT2D eigenvalue weighted by Crippen LogP contribution is 2.20. The number of hydrogen-bond acceptors (Lipinski definition) is 2. The molecule has 0 aromatic heterocycles. The van der Waals surface area contributed by atoms with E-state index in [-0.39, 0.29) is 5.91 Å². The molecule has 0 aliphatic carbocycles. The Morgan fingerprint density at radius 2 is 1.70 bits per heavy atom. The van der Waals surface area contributed by atoms with E-state index in [1.165, 1.54) is 16.3 Å². The molecule has 3 aromatic carbocycles. The maximum absolute atomic E-state index is 12.0. The number of carbonyl (C=O) groups excluding carboxylic acids is 1. The molecule has 2 nitrogen and oxygen atoms in total. The average Bonchev–Trinajstić information content (AvgIpc) is 2.57. The Balaban J connectivity index is 1.54. The number of anilines is 1. The number of benzene rings is 3. The standard InChI is InChI=1S/C20H19NOS/c1-15-6-2-5-9-19(15)21-20(22)14-23-13-16-10-11-17-7-3-4-8-18(17)12-16/h2-12H,13-14H2,1H3,(H,21,22). The van der Waals surface area contributed by atoms with Crippen LogP contribution in [0, 0.1) is 6.92 Å². The predicted octanol–water partition coefficient (Wildman–Crippen LogP) is 5.02. The molecule has 0 unspecified atom stereocenters. The Kier molecular flexibility index (Phi) is 4.99. The SMILES string of the molecule is Cc1ccccc1NC(=O)CSCc1ccc2ccccc2c1. The first kappa shape index (κ1) is 15.6. The third kappa shape index (κ3) is 4.14. The van der Waals surface area contributed by atoms with Gasteiger partial charge in [0.15, 0.2) is 0 Å². The van der Waals surface area contributed by atoms with Gasteiger partial charge in [-0.05, 0) is 34.9 Å². The fraction of sp³-hybridized carbons (Fsp3) is 0.150. The van der Waals surface area contributed by atoms with Gasteiger partial charge >= 0.3 is 0 Å². The van der Waals surface area contributed by atoms with Crippen LogP contribution in [0.4, 0.5) is 5.69 Å². The van der Waals surface area contributed by atoms with E-state index < -0.39 is 0 Å². The van der Waals surface area contributed by atoms with Crippen molar-refractivity contribution in [2.45, 2.75) is 12.7 Å². The van der Waals surface area contributed by atoms with Crippen molar-refractivity contribution in [1.82, 2.24) is 0 Å². The van der Waals surface area contributed by atoms with Gasteiger partial charge < -0.3 is 5.32 Å². The fourth-order valence-corrected chi connectivity index (χ4v) is 3.26. The quantitative estimate of drug-likeness (QED) is 0.715. The Bertz CT molecular complexity index is 828. The highest BCUT2D eigenvalue weighted by atomic mass is 32.2. The van der Waals surface area contributed by atoms with Gasteiger partial charge in [0.1, 0.15) is 0 Å². The molecular formula is C20H19NOS. The molecule has 1 N–H and O–H groups in total. The van der Waals surface area contributed by atoms with E-state index >= 15 is 0 Å². The number of aryl methyl sites for hydroxylation is 1. The average molecular weight is 321 g/mol. The number of para-hydroxylation sites is 1. The topological polar surface area (TPSA) is 29.1 Å². The Morgan fingerprint density at radius 1 is 0.957 bits per heavy atom. The lowest BCUT2D eigenvalue weighted by Crippen LogP contribution is -2.14. The number of fused-ring (bicyclic) bond motifs is 1. The van der Waals surface area contributed by atoms with Crippen LogP contribution in [-0.4, -0.2) is 11.7 Å². The first-order valence-electron chi connectivity index (χ1n) is 7.63. The molecule has 0 bridgehead atoms. The van der Waals surface area contributed by atoms with Gasteiger partial charge in [-0.3, -0.25) is 4.79 Å². The second-order valence-corrected chi connectivity index (χ2v) is 6.52. The van der Waals surface area contributed by atoms with Crippen LogP contribution in [0.1, 0.15) is 11.1 Å². The largest absolute Gasteiger partial charge is 0.325 e. The van der Waals surface area contributed by atoms with Crippen molar-refractivity contribution in [1.29, 1.82) is 0 Å². The van der Waals surface area contributed by atoms with E-state index in [2.05, 4.69) is 41.7 Å². The van der Waals surface area contributed by atoms with Gasteiger partial charge in [-0.1, -0.05) is 60.7 Å². The molecule has 1 amide bonds. The van der Waals surface area contributed by atoms with Crippen molar-refractivity contribution >= 4 is 34.1 Å². The molecule has 3 heteroatoms. The van der Waals surface area contributed by atoms with Crippen LogP contribution in [0.2, 0.25) is 0 Å². The lowest BCUT2D eigenvalue weighted by molar-refractivity contribution is -0.113. The van der Waals surface area contributed by atoms with E-state index in [0.29, 0.717) is 5.75 Å². The molecule has 0 heterocycles. The number of nitrogens with one attached hydrogen (secondary N) is 1. The molecule has 0 spiro atoms. The van der Waals surface area contributed by atoms with Crippen LogP contribution in [0.5, 0.6) is 0 Å². The van der Waals surface area contributed by atoms with Crippen LogP contribution in [-0.2, 0) is 10.5 Å². The molecule has 0 radical (unpaired) electrons. The van der Waals surface area contributed by atoms with Crippen molar-refractivity contribution in [3.8, 4) is 0 Å². The zero-order valence-corrected chi connectivity index (χ0v) is 13.9. The number of carbonyl (C=O) groups is 1. The van der Waals surface area contributed by atoms with Crippen molar-refractivity contribution < 1.29 is 4.79 Å². The highest BCUT2D eigenvalue weighted by Gasteiger charge is 2.05. The van der Waals surface area contributed by atoms with Crippen LogP contribution < -0.4 is 5.32 Å². The molecule has 0 fully saturated rings. The van der Waals surface area contributed by atoms with Gasteiger partial charge in [-0.2, -0.15) is 0 Å². The Labute approximate surface area is 140 Å². The monoisotopic (exact) mass is 321 g/mol. The molecule has 0 aliphatic rings. The minimum Gasteiger partial charge on any atom is -0.325 e. The van der Waals surface area contributed by atoms with Gasteiger partial charge in [0.2, 0.25) is 5.91 Å². The first-order valence-corrected chi connectivity index (χ1v) is 8.79. The van der Waals surface area contributed by atoms with Crippen LogP contribution >= 0.6 is 11.8 Å². The van der Waals surface area contributed by atoms with Gasteiger partial charge in [-0.15, -0.1) is 11.8 Å². The summed E-state index contributed by atoms with van der Waals surface area (Å²) in [5, 5.41) is 5.46. The summed E-state index contributed by atoms with van der Waals surface area (Å²) in [7, 11) is 0. The van der Waals surface area contributed by atoms with Gasteiger partial charge in [-0.25, -0.2) is 0 Å². The maximum Gasteiger partial charge on any atom is 0.234 e. The maximum atomic E-state index is 12.0. The van der Waals surface area contributed by atoms with Gasteiger partial charge in [0.25, 0.3) is 0 Å². The van der Waals surface area contributed by atoms with Crippen molar-refractivity contribution in [2.24, 2.45) is 0 Å². The Morgan fingerprint density at radius 3 is 2.52 bits per heavy atom. The summed E-state index contributed by atoms with van der Waals surface area (Å²) in [5.74, 6) is 1.35. The smallest absolute Gasteiger partial charge is 0.234 e. The zero-order chi connectivity index (χ0) is 16.1. The van der Waals surface area contributed by atoms with Crippen molar-refractivity contribution in [3.63, 3.8) is 0 Å². The van der Waals surface area contributed by atoms with Crippen LogP contribution in [0.15, 0.2) is 66.7 Å². The molecule has 23 heavy (non-hydrogen) atoms. The number of amides is 1. The lowest BCUT2D eigenvalue weighted by atomic mass is 10.1. The first-order chi connectivity index (χ1) is 11.2. The molecule has 116 valence electrons. The third-order valence-electron chi connectivity index (χ3n) is 3.73. The lowest BCUT2D eigenvalue weighted by Gasteiger charge is -2.08. The van der Waals surface area contributed by atoms with Crippen molar-refractivity contribution in [3.05, 3.63) is 77.9 Å². The van der Waals surface area contributed by atoms with Crippen molar-refractivity contribution in [2.75, 3.05) is 11.1 Å². The molecule has 3 rings (SSSR count). The summed E-state index contributed by atoms with van der Waals surface area (Å²) in [6, 6.07) is 22.6. The summed E-state index contributed by atoms with van der Waals surface area (Å²) < 4.78 is 0. The van der Waals surface area contributed by atoms with Crippen LogP contribution in [0.25, 0.3) is 10.8 Å². The highest BCUT2D eigenvalue weighted by molar-refractivity contribution is 7.99. The van der Waals surface area contributed by atoms with E-state index in [9.17, 15) is 4.79 Å². The molecular weight excluding hydrogens is 302 g/mol. The van der Waals surface area contributed by atoms with Gasteiger partial charge in [0.05, 0.1) is 5.75 Å². The fourth-order valence-electron chi connectivity index (χ4n) is 2.49. The third-order valence-corrected chi connectivity index (χ3v) is 4.74. The molecule has 0 atom stereocenters. The summed E-state index contributed by atoms with van der Waals surface area (Å²) in [5.41, 5.74) is 3.22. The summed E-state index contributed by atoms with van der Waals surface area (Å²) in [4.78, 5) is 12.0. The summed E-state index contributed by atoms with van der Waals surface area (Å²) in [6.45, 7) is 2.00.